The molecule has 0 amide bonds. The highest BCUT2D eigenvalue weighted by Gasteiger charge is 2.30. The molecule has 1 aliphatic rings. The molecule has 1 aliphatic heterocycles. The number of piperazine rings is 1. The maximum Gasteiger partial charge on any atom is 0.0727 e. The number of thiocarbonyl (C=S) groups is 1. The highest BCUT2D eigenvalue weighted by atomic mass is 32.1. The summed E-state index contributed by atoms with van der Waals surface area (Å²) in [7, 11) is 2.21. The number of hydrogen-bond acceptors (Lipinski definition) is 3. The van der Waals surface area contributed by atoms with E-state index in [0.717, 1.165) is 19.4 Å². The first-order valence-electron chi connectivity index (χ1n) is 6.14. The lowest BCUT2D eigenvalue weighted by atomic mass is 9.99. The quantitative estimate of drug-likeness (QED) is 0.585. The van der Waals surface area contributed by atoms with Gasteiger partial charge in [0.15, 0.2) is 0 Å². The molecule has 0 radical (unpaired) electrons. The first-order chi connectivity index (χ1) is 7.42. The predicted octanol–water partition coefficient (Wildman–Crippen LogP) is 1.47. The van der Waals surface area contributed by atoms with E-state index in [4.69, 9.17) is 18.0 Å². The van der Waals surface area contributed by atoms with Crippen molar-refractivity contribution < 1.29 is 0 Å². The largest absolute Gasteiger partial charge is 0.393 e. The highest BCUT2D eigenvalue weighted by molar-refractivity contribution is 7.80. The fourth-order valence-corrected chi connectivity index (χ4v) is 2.31. The van der Waals surface area contributed by atoms with E-state index in [2.05, 4.69) is 30.7 Å². The molecule has 1 heterocycles. The third kappa shape index (κ3) is 4.36. The SMILES string of the molecule is CN1CCN(CCCCC(N)=S)CC1(C)C. The normalized spacial score (nSPS) is 22.2. The number of unbranched alkanes of at least 4 members (excludes halogenated alkanes) is 1. The van der Waals surface area contributed by atoms with E-state index in [1.165, 1.54) is 26.1 Å². The topological polar surface area (TPSA) is 32.5 Å². The van der Waals surface area contributed by atoms with Crippen molar-refractivity contribution in [2.45, 2.75) is 38.6 Å². The van der Waals surface area contributed by atoms with Gasteiger partial charge in [0.2, 0.25) is 0 Å². The van der Waals surface area contributed by atoms with Crippen molar-refractivity contribution in [2.24, 2.45) is 5.73 Å². The molecule has 2 N–H and O–H groups in total. The predicted molar refractivity (Wildman–Crippen MR) is 73.8 cm³/mol. The van der Waals surface area contributed by atoms with E-state index in [1.54, 1.807) is 0 Å². The summed E-state index contributed by atoms with van der Waals surface area (Å²) >= 11 is 4.87. The second kappa shape index (κ2) is 5.94. The van der Waals surface area contributed by atoms with Crippen LogP contribution in [0.25, 0.3) is 0 Å². The summed E-state index contributed by atoms with van der Waals surface area (Å²) < 4.78 is 0. The molecule has 0 aromatic carbocycles. The van der Waals surface area contributed by atoms with E-state index in [0.29, 0.717) is 10.5 Å². The van der Waals surface area contributed by atoms with Crippen molar-refractivity contribution >= 4 is 17.2 Å². The van der Waals surface area contributed by atoms with Crippen molar-refractivity contribution in [1.29, 1.82) is 0 Å². The molecule has 4 heteroatoms. The molecule has 16 heavy (non-hydrogen) atoms. The van der Waals surface area contributed by atoms with Crippen LogP contribution in [0.1, 0.15) is 33.1 Å². The average molecular weight is 243 g/mol. The fourth-order valence-electron chi connectivity index (χ4n) is 2.17. The Kier molecular flexibility index (Phi) is 5.15. The van der Waals surface area contributed by atoms with Gasteiger partial charge in [-0.2, -0.15) is 0 Å². The van der Waals surface area contributed by atoms with Crippen LogP contribution in [-0.4, -0.2) is 53.6 Å². The fraction of sp³-hybridized carbons (Fsp3) is 0.917. The lowest BCUT2D eigenvalue weighted by Gasteiger charge is -2.45. The molecule has 0 aromatic rings. The summed E-state index contributed by atoms with van der Waals surface area (Å²) in [4.78, 5) is 5.65. The summed E-state index contributed by atoms with van der Waals surface area (Å²) in [5.74, 6) is 0. The first kappa shape index (κ1) is 13.9. The maximum absolute atomic E-state index is 5.48. The Balaban J connectivity index is 2.21. The minimum atomic E-state index is 0.307. The van der Waals surface area contributed by atoms with Crippen LogP contribution in [-0.2, 0) is 0 Å². The number of rotatable bonds is 5. The number of hydrogen-bond donors (Lipinski definition) is 1. The van der Waals surface area contributed by atoms with Crippen LogP contribution in [0.2, 0.25) is 0 Å². The highest BCUT2D eigenvalue weighted by Crippen LogP contribution is 2.18. The van der Waals surface area contributed by atoms with Gasteiger partial charge in [0.1, 0.15) is 0 Å². The second-order valence-corrected chi connectivity index (χ2v) is 5.96. The molecule has 0 spiro atoms. The molecule has 94 valence electrons. The third-order valence-electron chi connectivity index (χ3n) is 3.54. The van der Waals surface area contributed by atoms with Gasteiger partial charge in [-0.1, -0.05) is 12.2 Å². The van der Waals surface area contributed by atoms with Crippen LogP contribution >= 0.6 is 12.2 Å². The summed E-state index contributed by atoms with van der Waals surface area (Å²) in [6.45, 7) is 9.33. The maximum atomic E-state index is 5.48. The number of likely N-dealkylation sites (N-methyl/N-ethyl adjacent to an activating group) is 1. The van der Waals surface area contributed by atoms with E-state index in [1.807, 2.05) is 0 Å². The zero-order valence-corrected chi connectivity index (χ0v) is 11.6. The van der Waals surface area contributed by atoms with Crippen molar-refractivity contribution in [3.63, 3.8) is 0 Å². The molecular formula is C12H25N3S. The van der Waals surface area contributed by atoms with Gasteiger partial charge in [-0.3, -0.25) is 4.90 Å². The van der Waals surface area contributed by atoms with Crippen LogP contribution in [0, 0.1) is 0 Å². The summed E-state index contributed by atoms with van der Waals surface area (Å²) in [5.41, 5.74) is 5.79. The third-order valence-corrected chi connectivity index (χ3v) is 3.75. The Morgan fingerprint density at radius 3 is 2.56 bits per heavy atom. The van der Waals surface area contributed by atoms with Gasteiger partial charge in [-0.05, 0) is 46.7 Å². The molecule has 0 saturated carbocycles. The molecular weight excluding hydrogens is 218 g/mol. The van der Waals surface area contributed by atoms with Gasteiger partial charge < -0.3 is 10.6 Å². The van der Waals surface area contributed by atoms with Crippen LogP contribution in [0.5, 0.6) is 0 Å². The minimum Gasteiger partial charge on any atom is -0.393 e. The monoisotopic (exact) mass is 243 g/mol. The van der Waals surface area contributed by atoms with Crippen molar-refractivity contribution in [1.82, 2.24) is 9.80 Å². The van der Waals surface area contributed by atoms with Gasteiger partial charge in [0.25, 0.3) is 0 Å². The van der Waals surface area contributed by atoms with Crippen molar-refractivity contribution in [3.8, 4) is 0 Å². The average Bonchev–Trinajstić information content (AvgIpc) is 2.17. The molecule has 1 saturated heterocycles. The van der Waals surface area contributed by atoms with Gasteiger partial charge in [0.05, 0.1) is 4.99 Å². The Morgan fingerprint density at radius 1 is 1.31 bits per heavy atom. The van der Waals surface area contributed by atoms with E-state index < -0.39 is 0 Å². The Labute approximate surface area is 105 Å². The Hall–Kier alpha value is -0.190. The standard InChI is InChI=1S/C12H25N3S/c1-12(2)10-15(9-8-14(12)3)7-5-4-6-11(13)16/h4-10H2,1-3H3,(H2,13,16). The van der Waals surface area contributed by atoms with Gasteiger partial charge >= 0.3 is 0 Å². The summed E-state index contributed by atoms with van der Waals surface area (Å²) in [6.07, 6.45) is 3.23. The molecule has 0 atom stereocenters. The van der Waals surface area contributed by atoms with Crippen molar-refractivity contribution in [2.75, 3.05) is 33.2 Å². The lowest BCUT2D eigenvalue weighted by molar-refractivity contribution is 0.0394. The van der Waals surface area contributed by atoms with E-state index >= 15 is 0 Å². The molecule has 0 bridgehead atoms. The number of nitrogens with zero attached hydrogens (tertiary/aromatic N) is 2. The zero-order valence-electron chi connectivity index (χ0n) is 10.8. The van der Waals surface area contributed by atoms with Crippen LogP contribution < -0.4 is 5.73 Å². The first-order valence-corrected chi connectivity index (χ1v) is 6.54. The van der Waals surface area contributed by atoms with E-state index in [9.17, 15) is 0 Å². The van der Waals surface area contributed by atoms with Crippen LogP contribution in [0.4, 0.5) is 0 Å². The van der Waals surface area contributed by atoms with E-state index in [-0.39, 0.29) is 0 Å². The van der Waals surface area contributed by atoms with Gasteiger partial charge in [-0.25, -0.2) is 0 Å². The van der Waals surface area contributed by atoms with Gasteiger partial charge in [0, 0.05) is 25.2 Å². The Morgan fingerprint density at radius 2 is 2.00 bits per heavy atom. The van der Waals surface area contributed by atoms with Crippen molar-refractivity contribution in [3.05, 3.63) is 0 Å². The number of nitrogens with two attached hydrogens (primary N) is 1. The minimum absolute atomic E-state index is 0.307. The Bertz CT molecular complexity index is 240. The van der Waals surface area contributed by atoms with Crippen LogP contribution in [0.3, 0.4) is 0 Å². The summed E-state index contributed by atoms with van der Waals surface area (Å²) in [5, 5.41) is 0. The summed E-state index contributed by atoms with van der Waals surface area (Å²) in [6, 6.07) is 0. The molecule has 0 aromatic heterocycles. The van der Waals surface area contributed by atoms with Gasteiger partial charge in [-0.15, -0.1) is 0 Å². The smallest absolute Gasteiger partial charge is 0.0727 e. The molecule has 1 fully saturated rings. The zero-order chi connectivity index (χ0) is 12.2. The second-order valence-electron chi connectivity index (χ2n) is 5.43. The lowest BCUT2D eigenvalue weighted by Crippen LogP contribution is -2.57. The molecule has 0 unspecified atom stereocenters. The molecule has 0 aliphatic carbocycles. The van der Waals surface area contributed by atoms with Crippen LogP contribution in [0.15, 0.2) is 0 Å². The molecule has 3 nitrogen and oxygen atoms in total. The molecule has 1 rings (SSSR count).